The van der Waals surface area contributed by atoms with Crippen LogP contribution >= 0.6 is 0 Å². The Morgan fingerprint density at radius 1 is 0.392 bits per heavy atom. The number of hydrogen-bond donors (Lipinski definition) is 0. The fourth-order valence-electron chi connectivity index (χ4n) is 6.30. The van der Waals surface area contributed by atoms with Crippen LogP contribution in [-0.2, 0) is 12.4 Å². The van der Waals surface area contributed by atoms with E-state index in [4.69, 9.17) is 15.0 Å². The molecule has 0 fully saturated rings. The first-order valence-corrected chi connectivity index (χ1v) is 15.8. The molecule has 6 aromatic carbocycles. The lowest BCUT2D eigenvalue weighted by Crippen LogP contribution is -2.05. The van der Waals surface area contributed by atoms with Crippen LogP contribution in [0.3, 0.4) is 0 Å². The average molecular weight is 687 g/mol. The van der Waals surface area contributed by atoms with E-state index in [1.165, 1.54) is 18.2 Å². The highest BCUT2D eigenvalue weighted by Gasteiger charge is 2.32. The third-order valence-corrected chi connectivity index (χ3v) is 8.72. The lowest BCUT2D eigenvalue weighted by Gasteiger charge is -2.16. The quantitative estimate of drug-likeness (QED) is 0.169. The first kappa shape index (κ1) is 31.9. The van der Waals surface area contributed by atoms with E-state index in [1.54, 1.807) is 36.4 Å². The minimum absolute atomic E-state index is 0.293. The molecule has 51 heavy (non-hydrogen) atoms. The number of para-hydroxylation sites is 1. The lowest BCUT2D eigenvalue weighted by molar-refractivity contribution is -0.138. The monoisotopic (exact) mass is 686 g/mol. The van der Waals surface area contributed by atoms with Crippen LogP contribution in [0.4, 0.5) is 26.3 Å². The van der Waals surface area contributed by atoms with Crippen molar-refractivity contribution in [2.24, 2.45) is 0 Å². The zero-order valence-corrected chi connectivity index (χ0v) is 26.4. The van der Waals surface area contributed by atoms with Gasteiger partial charge in [-0.15, -0.1) is 0 Å². The molecule has 0 amide bonds. The molecule has 0 aliphatic carbocycles. The van der Waals surface area contributed by atoms with Gasteiger partial charge in [0, 0.05) is 33.2 Å². The van der Waals surface area contributed by atoms with Crippen molar-refractivity contribution in [3.05, 3.63) is 157 Å². The predicted molar refractivity (Wildman–Crippen MR) is 186 cm³/mol. The molecule has 0 saturated heterocycles. The van der Waals surface area contributed by atoms with Crippen LogP contribution in [-0.4, -0.2) is 19.5 Å². The molecule has 2 aromatic heterocycles. The Morgan fingerprint density at radius 3 is 1.53 bits per heavy atom. The van der Waals surface area contributed by atoms with Gasteiger partial charge in [-0.2, -0.15) is 26.3 Å². The molecule has 0 aliphatic rings. The number of nitrogens with zero attached hydrogens (tertiary/aromatic N) is 4. The summed E-state index contributed by atoms with van der Waals surface area (Å²) in [5.74, 6) is 1.11. The molecule has 0 unspecified atom stereocenters. The smallest absolute Gasteiger partial charge is 0.309 e. The number of aromatic nitrogens is 4. The first-order chi connectivity index (χ1) is 24.5. The Morgan fingerprint density at radius 2 is 0.922 bits per heavy atom. The second-order valence-corrected chi connectivity index (χ2v) is 11.9. The van der Waals surface area contributed by atoms with E-state index >= 15 is 0 Å². The van der Waals surface area contributed by atoms with Gasteiger partial charge in [0.15, 0.2) is 17.5 Å². The Bertz CT molecular complexity index is 2480. The van der Waals surface area contributed by atoms with E-state index < -0.39 is 23.5 Å². The van der Waals surface area contributed by atoms with Gasteiger partial charge in [0.2, 0.25) is 0 Å². The number of halogens is 6. The number of fused-ring (bicyclic) bond motifs is 3. The molecule has 0 bridgehead atoms. The van der Waals surface area contributed by atoms with E-state index in [0.717, 1.165) is 35.4 Å². The van der Waals surface area contributed by atoms with Crippen molar-refractivity contribution in [1.82, 2.24) is 19.5 Å². The zero-order valence-electron chi connectivity index (χ0n) is 26.4. The van der Waals surface area contributed by atoms with Crippen molar-refractivity contribution in [1.29, 1.82) is 0 Å². The van der Waals surface area contributed by atoms with Crippen LogP contribution in [0.5, 0.6) is 0 Å². The molecule has 0 aliphatic heterocycles. The van der Waals surface area contributed by atoms with Gasteiger partial charge in [0.05, 0.1) is 22.2 Å². The number of hydrogen-bond acceptors (Lipinski definition) is 3. The molecule has 8 rings (SSSR count). The van der Waals surface area contributed by atoms with Crippen LogP contribution in [0.15, 0.2) is 146 Å². The minimum Gasteiger partial charge on any atom is -0.309 e. The largest absolute Gasteiger partial charge is 0.416 e. The van der Waals surface area contributed by atoms with Crippen molar-refractivity contribution < 1.29 is 26.3 Å². The highest BCUT2D eigenvalue weighted by atomic mass is 19.4. The van der Waals surface area contributed by atoms with E-state index in [0.29, 0.717) is 61.7 Å². The number of alkyl halides is 6. The van der Waals surface area contributed by atoms with Gasteiger partial charge in [-0.25, -0.2) is 15.0 Å². The average Bonchev–Trinajstić information content (AvgIpc) is 3.48. The summed E-state index contributed by atoms with van der Waals surface area (Å²) in [6.45, 7) is 0. The topological polar surface area (TPSA) is 43.6 Å². The Labute approximate surface area is 287 Å². The van der Waals surface area contributed by atoms with E-state index in [1.807, 2.05) is 71.3 Å². The second kappa shape index (κ2) is 12.2. The van der Waals surface area contributed by atoms with Crippen molar-refractivity contribution in [3.8, 4) is 51.0 Å². The summed E-state index contributed by atoms with van der Waals surface area (Å²) in [6.07, 6.45) is -9.07. The van der Waals surface area contributed by atoms with Gasteiger partial charge in [-0.3, -0.25) is 0 Å². The van der Waals surface area contributed by atoms with Crippen molar-refractivity contribution >= 4 is 21.8 Å². The third kappa shape index (κ3) is 5.99. The Balaban J connectivity index is 1.39. The summed E-state index contributed by atoms with van der Waals surface area (Å²) >= 11 is 0. The van der Waals surface area contributed by atoms with Gasteiger partial charge in [0.1, 0.15) is 0 Å². The highest BCUT2D eigenvalue weighted by molar-refractivity contribution is 6.09. The molecular formula is C41H24F6N4. The molecule has 0 saturated carbocycles. The van der Waals surface area contributed by atoms with E-state index in [9.17, 15) is 26.3 Å². The second-order valence-electron chi connectivity index (χ2n) is 11.9. The molecule has 250 valence electrons. The standard InChI is InChI=1S/C41H24F6N4/c42-40(43,44)28-17-15-25(16-18-28)33-24-30(51-35-14-8-7-13-31(35)34-23-29(41(45,46)47)19-22-36(34)51)20-21-32(33)39-49-37(26-9-3-1-4-10-26)48-38(50-39)27-11-5-2-6-12-27/h1-24H. The van der Waals surface area contributed by atoms with Gasteiger partial charge < -0.3 is 4.57 Å². The molecule has 8 aromatic rings. The minimum atomic E-state index is -4.54. The number of rotatable bonds is 5. The van der Waals surface area contributed by atoms with Gasteiger partial charge in [0.25, 0.3) is 0 Å². The maximum atomic E-state index is 13.8. The summed E-state index contributed by atoms with van der Waals surface area (Å²) < 4.78 is 84.0. The fourth-order valence-corrected chi connectivity index (χ4v) is 6.30. The van der Waals surface area contributed by atoms with Crippen LogP contribution in [0.25, 0.3) is 72.8 Å². The number of benzene rings is 6. The predicted octanol–water partition coefficient (Wildman–Crippen LogP) is 11.7. The highest BCUT2D eigenvalue weighted by Crippen LogP contribution is 2.40. The Kier molecular flexibility index (Phi) is 7.67. The van der Waals surface area contributed by atoms with Gasteiger partial charge in [-0.1, -0.05) is 91.0 Å². The maximum absolute atomic E-state index is 13.8. The normalized spacial score (nSPS) is 12.1. The summed E-state index contributed by atoms with van der Waals surface area (Å²) in [6, 6.07) is 39.7. The lowest BCUT2D eigenvalue weighted by atomic mass is 9.97. The molecule has 4 nitrogen and oxygen atoms in total. The molecular weight excluding hydrogens is 662 g/mol. The molecule has 0 spiro atoms. The SMILES string of the molecule is FC(F)(F)c1ccc(-c2cc(-n3c4ccccc4c4cc(C(F)(F)F)ccc43)ccc2-c2nc(-c3ccccc3)nc(-c3ccccc3)n2)cc1. The van der Waals surface area contributed by atoms with Crippen molar-refractivity contribution in [2.45, 2.75) is 12.4 Å². The Hall–Kier alpha value is -6.29. The molecule has 0 radical (unpaired) electrons. The molecule has 2 heterocycles. The van der Waals surface area contributed by atoms with Gasteiger partial charge >= 0.3 is 12.4 Å². The van der Waals surface area contributed by atoms with Gasteiger partial charge in [-0.05, 0) is 65.7 Å². The zero-order chi connectivity index (χ0) is 35.3. The molecule has 0 atom stereocenters. The van der Waals surface area contributed by atoms with Crippen LogP contribution in [0.1, 0.15) is 11.1 Å². The molecule has 10 heteroatoms. The summed E-state index contributed by atoms with van der Waals surface area (Å²) in [4.78, 5) is 14.5. The van der Waals surface area contributed by atoms with E-state index in [-0.39, 0.29) is 0 Å². The van der Waals surface area contributed by atoms with E-state index in [2.05, 4.69) is 0 Å². The van der Waals surface area contributed by atoms with Crippen molar-refractivity contribution in [3.63, 3.8) is 0 Å². The van der Waals surface area contributed by atoms with Crippen LogP contribution in [0, 0.1) is 0 Å². The van der Waals surface area contributed by atoms with Crippen molar-refractivity contribution in [2.75, 3.05) is 0 Å². The summed E-state index contributed by atoms with van der Waals surface area (Å²) in [7, 11) is 0. The maximum Gasteiger partial charge on any atom is 0.416 e. The summed E-state index contributed by atoms with van der Waals surface area (Å²) in [5, 5.41) is 1.04. The molecule has 0 N–H and O–H groups in total. The fraction of sp³-hybridized carbons (Fsp3) is 0.0488. The first-order valence-electron chi connectivity index (χ1n) is 15.8. The third-order valence-electron chi connectivity index (χ3n) is 8.72. The van der Waals surface area contributed by atoms with Crippen LogP contribution < -0.4 is 0 Å². The summed E-state index contributed by atoms with van der Waals surface area (Å²) in [5.41, 5.74) is 3.21. The van der Waals surface area contributed by atoms with Crippen LogP contribution in [0.2, 0.25) is 0 Å².